The molecule has 0 amide bonds. The van der Waals surface area contributed by atoms with E-state index in [-0.39, 0.29) is 0 Å². The number of hydrogen-bond acceptors (Lipinski definition) is 4. The Morgan fingerprint density at radius 2 is 2.00 bits per heavy atom. The van der Waals surface area contributed by atoms with Crippen LogP contribution in [0, 0.1) is 52.3 Å². The fraction of sp³-hybridized carbons (Fsp3) is 0.852. The minimum atomic E-state index is -0.590. The zero-order valence-electron chi connectivity index (χ0n) is 20.2. The molecule has 0 saturated heterocycles. The van der Waals surface area contributed by atoms with Crippen LogP contribution in [0.2, 0.25) is 0 Å². The van der Waals surface area contributed by atoms with Crippen LogP contribution in [0.25, 0.3) is 0 Å². The Kier molecular flexibility index (Phi) is 5.91. The van der Waals surface area contributed by atoms with Crippen molar-refractivity contribution in [3.05, 3.63) is 18.0 Å². The highest BCUT2D eigenvalue weighted by Crippen LogP contribution is 2.66. The highest BCUT2D eigenvalue weighted by molar-refractivity contribution is 5.22. The van der Waals surface area contributed by atoms with Crippen molar-refractivity contribution in [1.82, 2.24) is 9.78 Å². The molecule has 4 aliphatic rings. The normalized spacial score (nSPS) is 44.2. The Bertz CT molecular complexity index is 861. The van der Waals surface area contributed by atoms with Gasteiger partial charge in [-0.1, -0.05) is 6.92 Å². The molecular formula is C27H41N3O2. The summed E-state index contributed by atoms with van der Waals surface area (Å²) in [5.41, 5.74) is 0.462. The molecular weight excluding hydrogens is 398 g/mol. The van der Waals surface area contributed by atoms with Crippen LogP contribution in [0.15, 0.2) is 12.4 Å². The molecule has 9 atom stereocenters. The highest BCUT2D eigenvalue weighted by Gasteiger charge is 2.58. The summed E-state index contributed by atoms with van der Waals surface area (Å²) >= 11 is 0. The minimum Gasteiger partial charge on any atom is -0.387 e. The van der Waals surface area contributed by atoms with Crippen LogP contribution < -0.4 is 0 Å². The number of nitrogens with zero attached hydrogens (tertiary/aromatic N) is 3. The first kappa shape index (κ1) is 22.4. The van der Waals surface area contributed by atoms with Crippen LogP contribution in [0.3, 0.4) is 0 Å². The van der Waals surface area contributed by atoms with Gasteiger partial charge in [0.05, 0.1) is 30.0 Å². The maximum absolute atomic E-state index is 11.1. The topological polar surface area (TPSA) is 71.1 Å². The van der Waals surface area contributed by atoms with E-state index in [9.17, 15) is 10.4 Å². The van der Waals surface area contributed by atoms with Crippen molar-refractivity contribution < 1.29 is 9.84 Å². The van der Waals surface area contributed by atoms with Gasteiger partial charge >= 0.3 is 0 Å². The fourth-order valence-corrected chi connectivity index (χ4v) is 9.02. The first-order chi connectivity index (χ1) is 15.4. The smallest absolute Gasteiger partial charge is 0.102 e. The maximum atomic E-state index is 11.1. The molecule has 5 rings (SSSR count). The van der Waals surface area contributed by atoms with Gasteiger partial charge in [-0.25, -0.2) is 0 Å². The van der Waals surface area contributed by atoms with E-state index >= 15 is 0 Å². The van der Waals surface area contributed by atoms with Gasteiger partial charge in [0.15, 0.2) is 0 Å². The number of hydrogen-bond donors (Lipinski definition) is 1. The van der Waals surface area contributed by atoms with Gasteiger partial charge in [-0.15, -0.1) is 0 Å². The second-order valence-corrected chi connectivity index (χ2v) is 11.8. The molecule has 4 fully saturated rings. The summed E-state index contributed by atoms with van der Waals surface area (Å²) in [6, 6.07) is 2.58. The Morgan fingerprint density at radius 3 is 2.75 bits per heavy atom. The van der Waals surface area contributed by atoms with Crippen LogP contribution >= 0.6 is 0 Å². The van der Waals surface area contributed by atoms with Crippen molar-refractivity contribution in [2.75, 3.05) is 13.2 Å². The van der Waals surface area contributed by atoms with E-state index in [4.69, 9.17) is 4.74 Å². The Hall–Kier alpha value is -1.38. The van der Waals surface area contributed by atoms with E-state index in [1.165, 1.54) is 44.9 Å². The fourth-order valence-electron chi connectivity index (χ4n) is 9.02. The standard InChI is InChI=1S/C27H41N3O2/c1-4-32-17-27(31)12-10-21-20(13-27)5-6-23-22(21)9-11-26(3)24(7-8-25(23)26)18(2)30-16-19(14-28)15-29-30/h15-16,18,20-25,31H,4-13,17H2,1-3H3/t18-,20-,21+,22-,23-,24-,25+,26-,27-/m1/s1. The summed E-state index contributed by atoms with van der Waals surface area (Å²) < 4.78 is 7.69. The van der Waals surface area contributed by atoms with Crippen LogP contribution in [0.1, 0.15) is 90.2 Å². The third-order valence-electron chi connectivity index (χ3n) is 10.5. The summed E-state index contributed by atoms with van der Waals surface area (Å²) in [4.78, 5) is 0. The quantitative estimate of drug-likeness (QED) is 0.671. The number of ether oxygens (including phenoxy) is 1. The summed E-state index contributed by atoms with van der Waals surface area (Å²) in [6.45, 7) is 8.11. The first-order valence-electron chi connectivity index (χ1n) is 13.1. The second kappa shape index (κ2) is 8.44. The lowest BCUT2D eigenvalue weighted by Gasteiger charge is -2.57. The molecule has 1 N–H and O–H groups in total. The molecule has 176 valence electrons. The van der Waals surface area contributed by atoms with Gasteiger partial charge in [-0.3, -0.25) is 4.68 Å². The summed E-state index contributed by atoms with van der Waals surface area (Å²) in [7, 11) is 0. The van der Waals surface area contributed by atoms with Gasteiger partial charge in [-0.05, 0) is 113 Å². The van der Waals surface area contributed by atoms with E-state index in [0.29, 0.717) is 42.1 Å². The molecule has 0 aromatic carbocycles. The number of aromatic nitrogens is 2. The van der Waals surface area contributed by atoms with E-state index in [2.05, 4.69) is 29.7 Å². The molecule has 5 heteroatoms. The third-order valence-corrected chi connectivity index (χ3v) is 10.5. The average Bonchev–Trinajstić information content (AvgIpc) is 3.41. The monoisotopic (exact) mass is 439 g/mol. The summed E-state index contributed by atoms with van der Waals surface area (Å²) in [5.74, 6) is 4.67. The molecule has 0 unspecified atom stereocenters. The van der Waals surface area contributed by atoms with E-state index in [1.807, 2.05) is 13.1 Å². The largest absolute Gasteiger partial charge is 0.387 e. The number of nitriles is 1. The second-order valence-electron chi connectivity index (χ2n) is 11.8. The molecule has 0 bridgehead atoms. The molecule has 4 saturated carbocycles. The molecule has 0 spiro atoms. The van der Waals surface area contributed by atoms with Crippen LogP contribution in [0.4, 0.5) is 0 Å². The lowest BCUT2D eigenvalue weighted by molar-refractivity contribution is -0.129. The summed E-state index contributed by atoms with van der Waals surface area (Å²) in [5, 5.41) is 24.8. The Labute approximate surface area is 193 Å². The van der Waals surface area contributed by atoms with Crippen molar-refractivity contribution in [2.45, 2.75) is 90.2 Å². The van der Waals surface area contributed by atoms with Gasteiger partial charge in [-0.2, -0.15) is 10.4 Å². The molecule has 0 radical (unpaired) electrons. The van der Waals surface area contributed by atoms with Gasteiger partial charge in [0.2, 0.25) is 0 Å². The molecule has 4 aliphatic carbocycles. The van der Waals surface area contributed by atoms with Crippen LogP contribution in [-0.2, 0) is 4.74 Å². The van der Waals surface area contributed by atoms with E-state index in [1.54, 1.807) is 6.20 Å². The molecule has 1 aromatic rings. The molecule has 0 aliphatic heterocycles. The number of rotatable bonds is 5. The van der Waals surface area contributed by atoms with Gasteiger partial charge in [0.1, 0.15) is 6.07 Å². The number of aliphatic hydroxyl groups is 1. The predicted molar refractivity (Wildman–Crippen MR) is 124 cm³/mol. The van der Waals surface area contributed by atoms with E-state index < -0.39 is 5.60 Å². The third kappa shape index (κ3) is 3.62. The van der Waals surface area contributed by atoms with Crippen molar-refractivity contribution >= 4 is 0 Å². The SMILES string of the molecule is CCOC[C@@]1(O)CC[C@H]2[C@H](CC[C@@H]3[C@@H]2CC[C@]2(C)[C@@H]([C@@H](C)n4cc(C#N)cn4)CC[C@@H]32)C1. The summed E-state index contributed by atoms with van der Waals surface area (Å²) in [6.07, 6.45) is 14.6. The Morgan fingerprint density at radius 1 is 1.19 bits per heavy atom. The highest BCUT2D eigenvalue weighted by atomic mass is 16.5. The Balaban J connectivity index is 1.30. The lowest BCUT2D eigenvalue weighted by Crippen LogP contribution is -2.52. The first-order valence-corrected chi connectivity index (χ1v) is 13.1. The maximum Gasteiger partial charge on any atom is 0.102 e. The zero-order valence-corrected chi connectivity index (χ0v) is 20.2. The van der Waals surface area contributed by atoms with Crippen molar-refractivity contribution in [1.29, 1.82) is 5.26 Å². The molecule has 1 heterocycles. The van der Waals surface area contributed by atoms with Crippen molar-refractivity contribution in [3.8, 4) is 6.07 Å². The van der Waals surface area contributed by atoms with Crippen LogP contribution in [-0.4, -0.2) is 33.7 Å². The predicted octanol–water partition coefficient (Wildman–Crippen LogP) is 5.35. The van der Waals surface area contributed by atoms with Crippen molar-refractivity contribution in [3.63, 3.8) is 0 Å². The zero-order chi connectivity index (χ0) is 22.5. The number of fused-ring (bicyclic) bond motifs is 5. The minimum absolute atomic E-state index is 0.350. The van der Waals surface area contributed by atoms with Crippen molar-refractivity contribution in [2.24, 2.45) is 40.9 Å². The molecule has 32 heavy (non-hydrogen) atoms. The van der Waals surface area contributed by atoms with Gasteiger partial charge in [0.25, 0.3) is 0 Å². The van der Waals surface area contributed by atoms with Crippen LogP contribution in [0.5, 0.6) is 0 Å². The van der Waals surface area contributed by atoms with Gasteiger partial charge < -0.3 is 9.84 Å². The lowest BCUT2D eigenvalue weighted by atomic mass is 9.48. The average molecular weight is 440 g/mol. The molecule has 5 nitrogen and oxygen atoms in total. The van der Waals surface area contributed by atoms with Gasteiger partial charge in [0, 0.05) is 12.8 Å². The van der Waals surface area contributed by atoms with E-state index in [0.717, 1.165) is 36.5 Å². The molecule has 1 aromatic heterocycles.